The number of hydrogen-bond donors (Lipinski definition) is 1. The molecule has 0 aliphatic heterocycles. The van der Waals surface area contributed by atoms with Gasteiger partial charge in [0.25, 0.3) is 0 Å². The molecule has 3 atom stereocenters. The van der Waals surface area contributed by atoms with E-state index in [9.17, 15) is 5.11 Å². The Morgan fingerprint density at radius 1 is 1.16 bits per heavy atom. The number of hydrogen-bond acceptors (Lipinski definition) is 2. The van der Waals surface area contributed by atoms with Crippen molar-refractivity contribution in [1.82, 2.24) is 0 Å². The first kappa shape index (κ1) is 13.0. The summed E-state index contributed by atoms with van der Waals surface area (Å²) in [5, 5.41) is 10.1. The van der Waals surface area contributed by atoms with E-state index in [0.717, 1.165) is 36.5 Å². The number of benzene rings is 1. The Labute approximate surface area is 115 Å². The predicted octanol–water partition coefficient (Wildman–Crippen LogP) is 4.01. The maximum absolute atomic E-state index is 10.1. The van der Waals surface area contributed by atoms with Gasteiger partial charge in [-0.2, -0.15) is 0 Å². The fourth-order valence-corrected chi connectivity index (χ4v) is 3.57. The SMILES string of the molecule is CC1CCCC(Oc2cccc3c2CCCC3O)C1. The van der Waals surface area contributed by atoms with Gasteiger partial charge in [0.15, 0.2) is 0 Å². The van der Waals surface area contributed by atoms with Gasteiger partial charge in [-0.15, -0.1) is 0 Å². The van der Waals surface area contributed by atoms with Gasteiger partial charge in [-0.1, -0.05) is 25.5 Å². The van der Waals surface area contributed by atoms with Gasteiger partial charge < -0.3 is 9.84 Å². The third-order valence-electron chi connectivity index (χ3n) is 4.61. The average molecular weight is 260 g/mol. The quantitative estimate of drug-likeness (QED) is 0.870. The van der Waals surface area contributed by atoms with Crippen LogP contribution in [0.15, 0.2) is 18.2 Å². The molecule has 0 radical (unpaired) electrons. The van der Waals surface area contributed by atoms with Crippen LogP contribution in [0.5, 0.6) is 5.75 Å². The van der Waals surface area contributed by atoms with Crippen molar-refractivity contribution >= 4 is 0 Å². The monoisotopic (exact) mass is 260 g/mol. The summed E-state index contributed by atoms with van der Waals surface area (Å²) in [6.07, 6.45) is 8.04. The Morgan fingerprint density at radius 3 is 2.89 bits per heavy atom. The summed E-state index contributed by atoms with van der Waals surface area (Å²) in [4.78, 5) is 0. The second-order valence-corrected chi connectivity index (χ2v) is 6.24. The number of ether oxygens (including phenoxy) is 1. The zero-order valence-electron chi connectivity index (χ0n) is 11.8. The highest BCUT2D eigenvalue weighted by Gasteiger charge is 2.24. The minimum Gasteiger partial charge on any atom is -0.490 e. The molecule has 2 aliphatic carbocycles. The molecule has 1 aromatic rings. The normalized spacial score (nSPS) is 30.7. The first-order valence-electron chi connectivity index (χ1n) is 7.70. The maximum Gasteiger partial charge on any atom is 0.123 e. The van der Waals surface area contributed by atoms with Crippen LogP contribution in [-0.4, -0.2) is 11.2 Å². The molecule has 2 aliphatic rings. The predicted molar refractivity (Wildman–Crippen MR) is 76.4 cm³/mol. The van der Waals surface area contributed by atoms with Crippen LogP contribution in [0.3, 0.4) is 0 Å². The van der Waals surface area contributed by atoms with Crippen LogP contribution in [0, 0.1) is 5.92 Å². The van der Waals surface area contributed by atoms with Crippen molar-refractivity contribution in [2.75, 3.05) is 0 Å². The minimum atomic E-state index is -0.294. The highest BCUT2D eigenvalue weighted by molar-refractivity contribution is 5.43. The molecule has 104 valence electrons. The van der Waals surface area contributed by atoms with E-state index < -0.39 is 0 Å². The summed E-state index contributed by atoms with van der Waals surface area (Å²) >= 11 is 0. The molecule has 0 aromatic heterocycles. The molecule has 2 heteroatoms. The van der Waals surface area contributed by atoms with Crippen LogP contribution in [0.25, 0.3) is 0 Å². The minimum absolute atomic E-state index is 0.294. The highest BCUT2D eigenvalue weighted by atomic mass is 16.5. The van der Waals surface area contributed by atoms with Crippen molar-refractivity contribution in [2.24, 2.45) is 5.92 Å². The summed E-state index contributed by atoms with van der Waals surface area (Å²) in [5.41, 5.74) is 2.34. The average Bonchev–Trinajstić information content (AvgIpc) is 2.40. The van der Waals surface area contributed by atoms with Crippen molar-refractivity contribution in [1.29, 1.82) is 0 Å². The molecular weight excluding hydrogens is 236 g/mol. The Bertz CT molecular complexity index is 441. The van der Waals surface area contributed by atoms with Crippen LogP contribution in [-0.2, 0) is 6.42 Å². The Morgan fingerprint density at radius 2 is 2.05 bits per heavy atom. The summed E-state index contributed by atoms with van der Waals surface area (Å²) in [6, 6.07) is 6.15. The second-order valence-electron chi connectivity index (χ2n) is 6.24. The fourth-order valence-electron chi connectivity index (χ4n) is 3.57. The number of fused-ring (bicyclic) bond motifs is 1. The van der Waals surface area contributed by atoms with Crippen molar-refractivity contribution < 1.29 is 9.84 Å². The van der Waals surface area contributed by atoms with Crippen LogP contribution < -0.4 is 4.74 Å². The number of rotatable bonds is 2. The lowest BCUT2D eigenvalue weighted by molar-refractivity contribution is 0.123. The lowest BCUT2D eigenvalue weighted by atomic mass is 9.87. The Kier molecular flexibility index (Phi) is 3.79. The molecule has 1 fully saturated rings. The van der Waals surface area contributed by atoms with Gasteiger partial charge >= 0.3 is 0 Å². The molecule has 0 heterocycles. The van der Waals surface area contributed by atoms with Crippen LogP contribution in [0.1, 0.15) is 62.7 Å². The molecular formula is C17H24O2. The highest BCUT2D eigenvalue weighted by Crippen LogP contribution is 2.37. The Hall–Kier alpha value is -1.02. The summed E-state index contributed by atoms with van der Waals surface area (Å²) in [6.45, 7) is 2.32. The van der Waals surface area contributed by atoms with E-state index in [1.54, 1.807) is 0 Å². The fraction of sp³-hybridized carbons (Fsp3) is 0.647. The van der Waals surface area contributed by atoms with E-state index in [0.29, 0.717) is 6.10 Å². The molecule has 0 bridgehead atoms. The van der Waals surface area contributed by atoms with Gasteiger partial charge in [0.05, 0.1) is 12.2 Å². The molecule has 3 rings (SSSR count). The van der Waals surface area contributed by atoms with Crippen molar-refractivity contribution in [3.63, 3.8) is 0 Å². The third kappa shape index (κ3) is 2.79. The molecule has 1 aromatic carbocycles. The second kappa shape index (κ2) is 5.54. The van der Waals surface area contributed by atoms with Gasteiger partial charge in [0.2, 0.25) is 0 Å². The van der Waals surface area contributed by atoms with Gasteiger partial charge in [0.1, 0.15) is 5.75 Å². The van der Waals surface area contributed by atoms with E-state index in [4.69, 9.17) is 4.74 Å². The van der Waals surface area contributed by atoms with E-state index in [-0.39, 0.29) is 6.10 Å². The first-order valence-corrected chi connectivity index (χ1v) is 7.70. The third-order valence-corrected chi connectivity index (χ3v) is 4.61. The van der Waals surface area contributed by atoms with Gasteiger partial charge in [-0.05, 0) is 61.6 Å². The molecule has 1 N–H and O–H groups in total. The Balaban J connectivity index is 1.79. The molecule has 2 nitrogen and oxygen atoms in total. The van der Waals surface area contributed by atoms with E-state index in [2.05, 4.69) is 19.1 Å². The molecule has 0 spiro atoms. The molecule has 19 heavy (non-hydrogen) atoms. The van der Waals surface area contributed by atoms with E-state index in [1.807, 2.05) is 6.07 Å². The molecule has 1 saturated carbocycles. The van der Waals surface area contributed by atoms with Crippen molar-refractivity contribution in [3.8, 4) is 5.75 Å². The standard InChI is InChI=1S/C17H24O2/c1-12-5-2-6-13(11-12)19-17-10-4-7-14-15(17)8-3-9-16(14)18/h4,7,10,12-13,16,18H,2-3,5-6,8-9,11H2,1H3. The lowest BCUT2D eigenvalue weighted by Gasteiger charge is -2.30. The zero-order chi connectivity index (χ0) is 13.2. The van der Waals surface area contributed by atoms with E-state index in [1.165, 1.54) is 31.2 Å². The number of aliphatic hydroxyl groups excluding tert-OH is 1. The van der Waals surface area contributed by atoms with Crippen LogP contribution >= 0.6 is 0 Å². The first-order chi connectivity index (χ1) is 9.24. The van der Waals surface area contributed by atoms with Gasteiger partial charge in [-0.3, -0.25) is 0 Å². The molecule has 3 unspecified atom stereocenters. The smallest absolute Gasteiger partial charge is 0.123 e. The lowest BCUT2D eigenvalue weighted by Crippen LogP contribution is -2.25. The van der Waals surface area contributed by atoms with E-state index >= 15 is 0 Å². The van der Waals surface area contributed by atoms with Gasteiger partial charge in [-0.25, -0.2) is 0 Å². The largest absolute Gasteiger partial charge is 0.490 e. The maximum atomic E-state index is 10.1. The van der Waals surface area contributed by atoms with Crippen molar-refractivity contribution in [3.05, 3.63) is 29.3 Å². The van der Waals surface area contributed by atoms with Crippen LogP contribution in [0.4, 0.5) is 0 Å². The molecule has 0 saturated heterocycles. The summed E-state index contributed by atoms with van der Waals surface area (Å²) in [7, 11) is 0. The number of aliphatic hydroxyl groups is 1. The molecule has 0 amide bonds. The van der Waals surface area contributed by atoms with Gasteiger partial charge in [0, 0.05) is 0 Å². The zero-order valence-corrected chi connectivity index (χ0v) is 11.8. The van der Waals surface area contributed by atoms with Crippen molar-refractivity contribution in [2.45, 2.75) is 64.1 Å². The summed E-state index contributed by atoms with van der Waals surface area (Å²) < 4.78 is 6.26. The topological polar surface area (TPSA) is 29.5 Å². The summed E-state index contributed by atoms with van der Waals surface area (Å²) in [5.74, 6) is 1.80. The van der Waals surface area contributed by atoms with Crippen LogP contribution in [0.2, 0.25) is 0 Å².